The van der Waals surface area contributed by atoms with Crippen LogP contribution in [0.15, 0.2) is 52.4 Å². The minimum absolute atomic E-state index is 0.243. The first kappa shape index (κ1) is 18.0. The molecule has 0 amide bonds. The van der Waals surface area contributed by atoms with Crippen LogP contribution in [-0.2, 0) is 0 Å². The lowest BCUT2D eigenvalue weighted by Crippen LogP contribution is -2.58. The largest absolute Gasteiger partial charge is 0.369 e. The minimum Gasteiger partial charge on any atom is -0.369 e. The Morgan fingerprint density at radius 1 is 1.03 bits per heavy atom. The highest BCUT2D eigenvalue weighted by molar-refractivity contribution is 6.33. The molecule has 0 bridgehead atoms. The number of halogens is 1. The maximum Gasteiger partial charge on any atom is 0.220 e. The molecule has 7 nitrogen and oxygen atoms in total. The molecule has 1 saturated carbocycles. The highest BCUT2D eigenvalue weighted by atomic mass is 35.5. The average molecular weight is 408 g/mol. The van der Waals surface area contributed by atoms with E-state index in [2.05, 4.69) is 9.98 Å². The summed E-state index contributed by atoms with van der Waals surface area (Å²) in [5.41, 5.74) is 15.4. The van der Waals surface area contributed by atoms with E-state index in [0.717, 1.165) is 48.0 Å². The Hall–Kier alpha value is -3.06. The Morgan fingerprint density at radius 2 is 1.83 bits per heavy atom. The number of aliphatic imine (C=N–C) groups is 2. The van der Waals surface area contributed by atoms with Crippen LogP contribution in [0, 0.1) is 0 Å². The zero-order chi connectivity index (χ0) is 20.0. The smallest absolute Gasteiger partial charge is 0.220 e. The average Bonchev–Trinajstić information content (AvgIpc) is 3.13. The first-order chi connectivity index (χ1) is 14.1. The number of nitrogens with zero attached hydrogens (tertiary/aromatic N) is 4. The van der Waals surface area contributed by atoms with Crippen LogP contribution < -0.4 is 16.4 Å². The van der Waals surface area contributed by atoms with Crippen LogP contribution in [0.1, 0.15) is 32.1 Å². The fraction of sp³-hybridized carbons (Fsp3) is 0.286. The summed E-state index contributed by atoms with van der Waals surface area (Å²) in [6.45, 7) is 0. The molecule has 0 saturated heterocycles. The van der Waals surface area contributed by atoms with E-state index in [1.165, 1.54) is 6.42 Å². The normalized spacial score (nSPS) is 18.7. The Balaban J connectivity index is 1.62. The molecular formula is C21H22ClN7. The number of imidazole rings is 1. The van der Waals surface area contributed by atoms with Gasteiger partial charge in [0.2, 0.25) is 11.9 Å². The van der Waals surface area contributed by atoms with Crippen molar-refractivity contribution in [2.45, 2.75) is 37.8 Å². The van der Waals surface area contributed by atoms with Crippen molar-refractivity contribution in [2.24, 2.45) is 21.5 Å². The summed E-state index contributed by atoms with van der Waals surface area (Å²) in [7, 11) is 0. The third-order valence-electron chi connectivity index (χ3n) is 5.70. The number of fused-ring (bicyclic) bond motifs is 1. The van der Waals surface area contributed by atoms with Gasteiger partial charge in [0, 0.05) is 11.3 Å². The summed E-state index contributed by atoms with van der Waals surface area (Å²) in [5, 5.41) is 0.612. The molecule has 8 heteroatoms. The molecule has 1 aromatic heterocycles. The number of rotatable bonds is 2. The van der Waals surface area contributed by atoms with Gasteiger partial charge in [-0.25, -0.2) is 9.98 Å². The molecule has 2 aromatic carbocycles. The van der Waals surface area contributed by atoms with Crippen LogP contribution in [0.5, 0.6) is 0 Å². The van der Waals surface area contributed by atoms with Crippen LogP contribution in [0.3, 0.4) is 0 Å². The highest BCUT2D eigenvalue weighted by Gasteiger charge is 2.42. The molecule has 2 aliphatic rings. The molecule has 0 unspecified atom stereocenters. The molecule has 2 heterocycles. The van der Waals surface area contributed by atoms with E-state index in [9.17, 15) is 0 Å². The van der Waals surface area contributed by atoms with Crippen LogP contribution >= 0.6 is 11.6 Å². The van der Waals surface area contributed by atoms with Crippen molar-refractivity contribution in [3.05, 3.63) is 47.5 Å². The third kappa shape index (κ3) is 3.02. The number of aromatic amines is 1. The maximum atomic E-state index is 6.55. The van der Waals surface area contributed by atoms with Gasteiger partial charge in [0.25, 0.3) is 0 Å². The van der Waals surface area contributed by atoms with Crippen LogP contribution in [0.25, 0.3) is 22.4 Å². The van der Waals surface area contributed by atoms with Gasteiger partial charge >= 0.3 is 0 Å². The molecule has 5 N–H and O–H groups in total. The van der Waals surface area contributed by atoms with Crippen molar-refractivity contribution >= 4 is 40.2 Å². The van der Waals surface area contributed by atoms with Crippen molar-refractivity contribution in [2.75, 3.05) is 4.90 Å². The monoisotopic (exact) mass is 407 g/mol. The van der Waals surface area contributed by atoms with Crippen molar-refractivity contribution in [1.82, 2.24) is 9.97 Å². The number of hydrogen-bond acceptors (Lipinski definition) is 6. The number of nitrogens with one attached hydrogen (secondary N) is 1. The van der Waals surface area contributed by atoms with Crippen LogP contribution in [0.2, 0.25) is 5.02 Å². The second kappa shape index (κ2) is 6.77. The SMILES string of the molecule is NC1=NC2(CCCCC2)N(c2ccc(Cl)c(-c3nc4ccccc4[nH]3)c2)C(N)=N1. The van der Waals surface area contributed by atoms with E-state index < -0.39 is 5.66 Å². The summed E-state index contributed by atoms with van der Waals surface area (Å²) in [6, 6.07) is 13.7. The van der Waals surface area contributed by atoms with Gasteiger partial charge < -0.3 is 16.5 Å². The van der Waals surface area contributed by atoms with Gasteiger partial charge in [-0.15, -0.1) is 0 Å². The second-order valence-corrected chi connectivity index (χ2v) is 7.99. The summed E-state index contributed by atoms with van der Waals surface area (Å²) < 4.78 is 0. The second-order valence-electron chi connectivity index (χ2n) is 7.59. The molecular weight excluding hydrogens is 386 g/mol. The van der Waals surface area contributed by atoms with Crippen LogP contribution in [-0.4, -0.2) is 27.5 Å². The van der Waals surface area contributed by atoms with Gasteiger partial charge in [-0.2, -0.15) is 4.99 Å². The summed E-state index contributed by atoms with van der Waals surface area (Å²) >= 11 is 6.55. The van der Waals surface area contributed by atoms with Crippen molar-refractivity contribution < 1.29 is 0 Å². The van der Waals surface area contributed by atoms with Gasteiger partial charge in [-0.3, -0.25) is 4.90 Å². The van der Waals surface area contributed by atoms with Gasteiger partial charge in [-0.05, 0) is 56.0 Å². The van der Waals surface area contributed by atoms with Gasteiger partial charge in [0.15, 0.2) is 0 Å². The first-order valence-corrected chi connectivity index (χ1v) is 10.2. The Bertz CT molecular complexity index is 1110. The number of H-pyrrole nitrogens is 1. The molecule has 1 aliphatic carbocycles. The number of anilines is 1. The predicted molar refractivity (Wildman–Crippen MR) is 118 cm³/mol. The lowest BCUT2D eigenvalue weighted by molar-refractivity contribution is 0.305. The number of para-hydroxylation sites is 2. The fourth-order valence-corrected chi connectivity index (χ4v) is 4.62. The van der Waals surface area contributed by atoms with Crippen molar-refractivity contribution in [1.29, 1.82) is 0 Å². The molecule has 1 aliphatic heterocycles. The fourth-order valence-electron chi connectivity index (χ4n) is 4.41. The Morgan fingerprint density at radius 3 is 2.62 bits per heavy atom. The van der Waals surface area contributed by atoms with E-state index in [0.29, 0.717) is 16.8 Å². The van der Waals surface area contributed by atoms with E-state index in [-0.39, 0.29) is 5.96 Å². The van der Waals surface area contributed by atoms with Crippen molar-refractivity contribution in [3.8, 4) is 11.4 Å². The summed E-state index contributed by atoms with van der Waals surface area (Å²) in [5.74, 6) is 1.32. The number of guanidine groups is 2. The quantitative estimate of drug-likeness (QED) is 0.596. The number of nitrogens with two attached hydrogens (primary N) is 2. The predicted octanol–water partition coefficient (Wildman–Crippen LogP) is 3.99. The lowest BCUT2D eigenvalue weighted by atomic mass is 9.87. The molecule has 1 fully saturated rings. The minimum atomic E-state index is -0.493. The first-order valence-electron chi connectivity index (χ1n) is 9.80. The van der Waals surface area contributed by atoms with Gasteiger partial charge in [-0.1, -0.05) is 30.2 Å². The summed E-state index contributed by atoms with van der Waals surface area (Å²) in [6.07, 6.45) is 5.10. The van der Waals surface area contributed by atoms with E-state index in [4.69, 9.17) is 33.0 Å². The summed E-state index contributed by atoms with van der Waals surface area (Å²) in [4.78, 5) is 19.0. The number of hydrogen-bond donors (Lipinski definition) is 3. The Labute approximate surface area is 173 Å². The molecule has 29 heavy (non-hydrogen) atoms. The zero-order valence-corrected chi connectivity index (χ0v) is 16.7. The van der Waals surface area contributed by atoms with E-state index in [1.807, 2.05) is 47.4 Å². The topological polar surface area (TPSA) is 109 Å². The van der Waals surface area contributed by atoms with Gasteiger partial charge in [0.05, 0.1) is 16.1 Å². The van der Waals surface area contributed by atoms with Crippen LogP contribution in [0.4, 0.5) is 5.69 Å². The standard InChI is InChI=1S/C21H22ClN7/c22-15-9-8-13(12-14(15)18-25-16-6-2-3-7-17(16)26-18)29-20(24)27-19(23)28-21(29)10-4-1-5-11-21/h2-3,6-9,12H,1,4-5,10-11H2,(H,25,26)(H4,23,24,27,28). The van der Waals surface area contributed by atoms with E-state index in [1.54, 1.807) is 0 Å². The van der Waals surface area contributed by atoms with E-state index >= 15 is 0 Å². The highest BCUT2D eigenvalue weighted by Crippen LogP contribution is 2.41. The molecule has 0 radical (unpaired) electrons. The third-order valence-corrected chi connectivity index (χ3v) is 6.03. The zero-order valence-electron chi connectivity index (χ0n) is 15.9. The van der Waals surface area contributed by atoms with Gasteiger partial charge in [0.1, 0.15) is 11.5 Å². The lowest BCUT2D eigenvalue weighted by Gasteiger charge is -2.45. The molecule has 1 spiro atoms. The molecule has 5 rings (SSSR count). The molecule has 0 atom stereocenters. The Kier molecular flexibility index (Phi) is 4.20. The van der Waals surface area contributed by atoms with Crippen molar-refractivity contribution in [3.63, 3.8) is 0 Å². The maximum absolute atomic E-state index is 6.55. The number of benzene rings is 2. The number of aromatic nitrogens is 2. The molecule has 148 valence electrons. The molecule has 3 aromatic rings.